The van der Waals surface area contributed by atoms with Crippen molar-refractivity contribution in [1.29, 1.82) is 0 Å². The van der Waals surface area contributed by atoms with Gasteiger partial charge in [-0.05, 0) is 35.7 Å². The summed E-state index contributed by atoms with van der Waals surface area (Å²) in [5, 5.41) is 10.3. The van der Waals surface area contributed by atoms with Crippen LogP contribution in [-0.4, -0.2) is 33.8 Å². The van der Waals surface area contributed by atoms with Crippen LogP contribution < -0.4 is 4.90 Å². The van der Waals surface area contributed by atoms with Gasteiger partial charge >= 0.3 is 0 Å². The van der Waals surface area contributed by atoms with Gasteiger partial charge in [-0.1, -0.05) is 11.6 Å². The van der Waals surface area contributed by atoms with E-state index in [1.54, 1.807) is 0 Å². The highest BCUT2D eigenvalue weighted by molar-refractivity contribution is 9.10. The maximum absolute atomic E-state index is 9.87. The molecule has 1 N–H and O–H groups in total. The molecule has 0 atom stereocenters. The van der Waals surface area contributed by atoms with E-state index in [9.17, 15) is 5.11 Å². The Balaban J connectivity index is 2.17. The van der Waals surface area contributed by atoms with Gasteiger partial charge in [0.05, 0.1) is 10.1 Å². The van der Waals surface area contributed by atoms with Gasteiger partial charge < -0.3 is 10.0 Å². The van der Waals surface area contributed by atoms with Crippen LogP contribution in [0, 0.1) is 0 Å². The second-order valence-electron chi connectivity index (χ2n) is 4.29. The Morgan fingerprint density at radius 3 is 2.69 bits per heavy atom. The van der Waals surface area contributed by atoms with Crippen LogP contribution in [0.25, 0.3) is 0 Å². The van der Waals surface area contributed by atoms with Crippen LogP contribution in [0.2, 0.25) is 5.15 Å². The molecule has 4 nitrogen and oxygen atoms in total. The molecule has 2 heterocycles. The predicted octanol–water partition coefficient (Wildman–Crippen LogP) is 2.24. The van der Waals surface area contributed by atoms with Crippen LogP contribution in [0.5, 0.6) is 0 Å². The number of hydrogen-bond donors (Lipinski definition) is 1. The SMILES string of the molecule is CC1(O)CCN(c2ncnc(Cl)c2Br)CC1. The highest BCUT2D eigenvalue weighted by Gasteiger charge is 2.28. The van der Waals surface area contributed by atoms with E-state index >= 15 is 0 Å². The Morgan fingerprint density at radius 2 is 2.06 bits per heavy atom. The summed E-state index contributed by atoms with van der Waals surface area (Å²) in [5.41, 5.74) is -0.556. The van der Waals surface area contributed by atoms with Crippen molar-refractivity contribution in [2.75, 3.05) is 18.0 Å². The smallest absolute Gasteiger partial charge is 0.148 e. The number of hydrogen-bond acceptors (Lipinski definition) is 4. The average Bonchev–Trinajstić information content (AvgIpc) is 2.23. The lowest BCUT2D eigenvalue weighted by Crippen LogP contribution is -2.42. The molecule has 0 aliphatic carbocycles. The standard InChI is InChI=1S/C10H13BrClN3O/c1-10(16)2-4-15(5-3-10)9-7(11)8(12)13-6-14-9/h6,16H,2-5H2,1H3. The molecule has 1 fully saturated rings. The largest absolute Gasteiger partial charge is 0.390 e. The quantitative estimate of drug-likeness (QED) is 0.809. The third kappa shape index (κ3) is 2.47. The maximum atomic E-state index is 9.87. The molecule has 1 saturated heterocycles. The molecular weight excluding hydrogens is 293 g/mol. The molecule has 1 aromatic rings. The van der Waals surface area contributed by atoms with Crippen molar-refractivity contribution in [3.8, 4) is 0 Å². The van der Waals surface area contributed by atoms with Gasteiger partial charge in [0, 0.05) is 13.1 Å². The Labute approximate surface area is 108 Å². The molecule has 0 radical (unpaired) electrons. The van der Waals surface area contributed by atoms with Crippen LogP contribution >= 0.6 is 27.5 Å². The van der Waals surface area contributed by atoms with Gasteiger partial charge in [0.15, 0.2) is 0 Å². The van der Waals surface area contributed by atoms with Crippen molar-refractivity contribution in [3.63, 3.8) is 0 Å². The number of anilines is 1. The number of aromatic nitrogens is 2. The average molecular weight is 307 g/mol. The summed E-state index contributed by atoms with van der Waals surface area (Å²) in [6, 6.07) is 0. The van der Waals surface area contributed by atoms with Crippen LogP contribution in [0.1, 0.15) is 19.8 Å². The monoisotopic (exact) mass is 305 g/mol. The molecule has 0 aromatic carbocycles. The van der Waals surface area contributed by atoms with E-state index in [2.05, 4.69) is 30.8 Å². The Morgan fingerprint density at radius 1 is 1.44 bits per heavy atom. The lowest BCUT2D eigenvalue weighted by molar-refractivity contribution is 0.0350. The highest BCUT2D eigenvalue weighted by atomic mass is 79.9. The van der Waals surface area contributed by atoms with Crippen LogP contribution in [0.4, 0.5) is 5.82 Å². The van der Waals surface area contributed by atoms with Gasteiger partial charge in [-0.15, -0.1) is 0 Å². The number of nitrogens with zero attached hydrogens (tertiary/aromatic N) is 3. The molecule has 0 unspecified atom stereocenters. The Hall–Kier alpha value is -0.390. The fourth-order valence-corrected chi connectivity index (χ4v) is 2.34. The van der Waals surface area contributed by atoms with Crippen molar-refractivity contribution < 1.29 is 5.11 Å². The van der Waals surface area contributed by atoms with Gasteiger partial charge in [0.25, 0.3) is 0 Å². The first kappa shape index (κ1) is 12.1. The first-order valence-corrected chi connectivity index (χ1v) is 6.30. The molecule has 0 amide bonds. The lowest BCUT2D eigenvalue weighted by atomic mass is 9.94. The first-order valence-electron chi connectivity index (χ1n) is 5.13. The molecule has 1 aliphatic rings. The summed E-state index contributed by atoms with van der Waals surface area (Å²) in [6.07, 6.45) is 2.93. The van der Waals surface area contributed by atoms with E-state index < -0.39 is 5.60 Å². The first-order chi connectivity index (χ1) is 7.49. The van der Waals surface area contributed by atoms with Crippen LogP contribution in [0.15, 0.2) is 10.8 Å². The summed E-state index contributed by atoms with van der Waals surface area (Å²) < 4.78 is 0.721. The molecule has 16 heavy (non-hydrogen) atoms. The van der Waals surface area contributed by atoms with Crippen molar-refractivity contribution in [2.45, 2.75) is 25.4 Å². The van der Waals surface area contributed by atoms with Crippen molar-refractivity contribution in [3.05, 3.63) is 16.0 Å². The summed E-state index contributed by atoms with van der Waals surface area (Å²) in [4.78, 5) is 10.2. The summed E-state index contributed by atoms with van der Waals surface area (Å²) in [5.74, 6) is 0.801. The van der Waals surface area contributed by atoms with E-state index in [4.69, 9.17) is 11.6 Å². The highest BCUT2D eigenvalue weighted by Crippen LogP contribution is 2.32. The molecule has 1 aliphatic heterocycles. The second-order valence-corrected chi connectivity index (χ2v) is 5.44. The molecular formula is C10H13BrClN3O. The number of aliphatic hydroxyl groups is 1. The van der Waals surface area contributed by atoms with E-state index in [-0.39, 0.29) is 0 Å². The minimum atomic E-state index is -0.556. The lowest BCUT2D eigenvalue weighted by Gasteiger charge is -2.36. The molecule has 88 valence electrons. The van der Waals surface area contributed by atoms with Crippen LogP contribution in [-0.2, 0) is 0 Å². The van der Waals surface area contributed by atoms with Gasteiger partial charge in [0.2, 0.25) is 0 Å². The van der Waals surface area contributed by atoms with Crippen LogP contribution in [0.3, 0.4) is 0 Å². The third-order valence-corrected chi connectivity index (χ3v) is 4.11. The van der Waals surface area contributed by atoms with Crippen molar-refractivity contribution in [2.24, 2.45) is 0 Å². The number of rotatable bonds is 1. The van der Waals surface area contributed by atoms with E-state index in [1.807, 2.05) is 6.92 Å². The third-order valence-electron chi connectivity index (χ3n) is 2.87. The van der Waals surface area contributed by atoms with Gasteiger partial charge in [-0.2, -0.15) is 0 Å². The van der Waals surface area contributed by atoms with E-state index in [0.29, 0.717) is 5.15 Å². The molecule has 1 aromatic heterocycles. The topological polar surface area (TPSA) is 49.2 Å². The normalized spacial score (nSPS) is 19.9. The Bertz CT molecular complexity index is 390. The number of piperidine rings is 1. The van der Waals surface area contributed by atoms with Gasteiger partial charge in [0.1, 0.15) is 17.3 Å². The maximum Gasteiger partial charge on any atom is 0.148 e. The Kier molecular flexibility index (Phi) is 3.37. The van der Waals surface area contributed by atoms with E-state index in [0.717, 1.165) is 36.2 Å². The zero-order chi connectivity index (χ0) is 11.8. The minimum absolute atomic E-state index is 0.419. The van der Waals surface area contributed by atoms with Gasteiger partial charge in [-0.3, -0.25) is 0 Å². The second kappa shape index (κ2) is 4.47. The number of halogens is 2. The summed E-state index contributed by atoms with van der Waals surface area (Å²) in [7, 11) is 0. The van der Waals surface area contributed by atoms with E-state index in [1.165, 1.54) is 6.33 Å². The zero-order valence-corrected chi connectivity index (χ0v) is 11.3. The summed E-state index contributed by atoms with van der Waals surface area (Å²) >= 11 is 9.30. The van der Waals surface area contributed by atoms with Crippen molar-refractivity contribution in [1.82, 2.24) is 9.97 Å². The summed E-state index contributed by atoms with van der Waals surface area (Å²) in [6.45, 7) is 3.42. The fourth-order valence-electron chi connectivity index (χ4n) is 1.76. The molecule has 0 spiro atoms. The van der Waals surface area contributed by atoms with Crippen molar-refractivity contribution >= 4 is 33.3 Å². The molecule has 2 rings (SSSR count). The predicted molar refractivity (Wildman–Crippen MR) is 66.8 cm³/mol. The molecule has 0 bridgehead atoms. The fraction of sp³-hybridized carbons (Fsp3) is 0.600. The minimum Gasteiger partial charge on any atom is -0.390 e. The molecule has 6 heteroatoms. The molecule has 0 saturated carbocycles. The van der Waals surface area contributed by atoms with Gasteiger partial charge in [-0.25, -0.2) is 9.97 Å². The zero-order valence-electron chi connectivity index (χ0n) is 8.95.